The van der Waals surface area contributed by atoms with E-state index in [-0.39, 0.29) is 18.5 Å². The molecule has 0 aliphatic carbocycles. The van der Waals surface area contributed by atoms with E-state index >= 15 is 0 Å². The average molecular weight is 619 g/mol. The highest BCUT2D eigenvalue weighted by Gasteiger charge is 2.16. The van der Waals surface area contributed by atoms with E-state index < -0.39 is 5.97 Å². The van der Waals surface area contributed by atoms with Crippen LogP contribution in [0.25, 0.3) is 0 Å². The van der Waals surface area contributed by atoms with Crippen molar-refractivity contribution in [3.63, 3.8) is 0 Å². The first kappa shape index (κ1) is 42.4. The Hall–Kier alpha value is -1.58. The number of hydrogen-bond acceptors (Lipinski definition) is 3. The molecule has 0 fully saturated rings. The van der Waals surface area contributed by atoms with Gasteiger partial charge in [0.1, 0.15) is 6.10 Å². The van der Waals surface area contributed by atoms with Crippen LogP contribution in [-0.2, 0) is 14.3 Å². The van der Waals surface area contributed by atoms with E-state index in [9.17, 15) is 9.59 Å². The minimum Gasteiger partial charge on any atom is -0.481 e. The van der Waals surface area contributed by atoms with Crippen LogP contribution in [0.2, 0.25) is 0 Å². The molecule has 1 N–H and O–H groups in total. The van der Waals surface area contributed by atoms with Gasteiger partial charge in [0.2, 0.25) is 0 Å². The molecule has 1 atom stereocenters. The Labute approximate surface area is 274 Å². The highest BCUT2D eigenvalue weighted by atomic mass is 16.5. The van der Waals surface area contributed by atoms with E-state index in [0.717, 1.165) is 38.5 Å². The predicted molar refractivity (Wildman–Crippen MR) is 190 cm³/mol. The van der Waals surface area contributed by atoms with Gasteiger partial charge in [-0.3, -0.25) is 9.59 Å². The van der Waals surface area contributed by atoms with Crippen molar-refractivity contribution in [3.05, 3.63) is 24.3 Å². The van der Waals surface area contributed by atoms with Gasteiger partial charge in [-0.25, -0.2) is 0 Å². The zero-order chi connectivity index (χ0) is 32.2. The molecular weight excluding hydrogens is 544 g/mol. The van der Waals surface area contributed by atoms with E-state index in [1.165, 1.54) is 141 Å². The van der Waals surface area contributed by atoms with Crippen LogP contribution in [0.5, 0.6) is 0 Å². The Bertz CT molecular complexity index is 668. The number of carbonyl (C=O) groups excluding carboxylic acids is 1. The molecule has 0 radical (unpaired) electrons. The molecule has 4 nitrogen and oxygen atoms in total. The molecule has 0 saturated carbocycles. The summed E-state index contributed by atoms with van der Waals surface area (Å²) in [5.41, 5.74) is 0. The lowest BCUT2D eigenvalue weighted by Crippen LogP contribution is -2.19. The summed E-state index contributed by atoms with van der Waals surface area (Å²) in [6.45, 7) is 4.51. The second kappa shape index (κ2) is 35.9. The summed E-state index contributed by atoms with van der Waals surface area (Å²) in [6, 6.07) is 0. The molecule has 0 bridgehead atoms. The van der Waals surface area contributed by atoms with E-state index in [2.05, 4.69) is 38.2 Å². The molecule has 0 aromatic carbocycles. The van der Waals surface area contributed by atoms with Gasteiger partial charge >= 0.3 is 11.9 Å². The number of esters is 1. The molecule has 0 rings (SSSR count). The summed E-state index contributed by atoms with van der Waals surface area (Å²) in [7, 11) is 0. The van der Waals surface area contributed by atoms with Crippen molar-refractivity contribution in [2.24, 2.45) is 0 Å². The van der Waals surface area contributed by atoms with Crippen LogP contribution in [0.1, 0.15) is 213 Å². The number of rotatable bonds is 35. The van der Waals surface area contributed by atoms with Crippen LogP contribution < -0.4 is 0 Å². The van der Waals surface area contributed by atoms with Crippen LogP contribution in [0, 0.1) is 0 Å². The zero-order valence-electron chi connectivity index (χ0n) is 29.5. The van der Waals surface area contributed by atoms with Gasteiger partial charge in [0.25, 0.3) is 0 Å². The standard InChI is InChI=1S/C40H74O4/c1-3-5-7-9-11-13-15-16-17-18-19-20-21-22-23-24-25-27-29-31-33-35-40(43)44-38(36-37-39(41)42)34-32-30-28-26-14-12-10-8-6-4-2/h11,13,16-17,38H,3-10,12,14-15,18-37H2,1-2H3,(H,41,42)/b13-11-,17-16-. The monoisotopic (exact) mass is 619 g/mol. The number of carboxylic acid groups (broad SMARTS) is 1. The lowest BCUT2D eigenvalue weighted by molar-refractivity contribution is -0.151. The van der Waals surface area contributed by atoms with Gasteiger partial charge in [-0.05, 0) is 57.8 Å². The Morgan fingerprint density at radius 3 is 1.41 bits per heavy atom. The van der Waals surface area contributed by atoms with Gasteiger partial charge in [0.05, 0.1) is 0 Å². The van der Waals surface area contributed by atoms with E-state index in [1.807, 2.05) is 0 Å². The minimum absolute atomic E-state index is 0.0738. The molecule has 0 aliphatic rings. The smallest absolute Gasteiger partial charge is 0.306 e. The normalized spacial score (nSPS) is 12.4. The molecule has 0 aromatic rings. The van der Waals surface area contributed by atoms with Crippen molar-refractivity contribution in [3.8, 4) is 0 Å². The number of ether oxygens (including phenoxy) is 1. The lowest BCUT2D eigenvalue weighted by atomic mass is 10.0. The molecule has 0 heterocycles. The summed E-state index contributed by atoms with van der Waals surface area (Å²) >= 11 is 0. The molecule has 1 unspecified atom stereocenters. The van der Waals surface area contributed by atoms with Crippen LogP contribution >= 0.6 is 0 Å². The van der Waals surface area contributed by atoms with Crippen molar-refractivity contribution in [2.75, 3.05) is 0 Å². The zero-order valence-corrected chi connectivity index (χ0v) is 29.5. The molecule has 44 heavy (non-hydrogen) atoms. The van der Waals surface area contributed by atoms with Gasteiger partial charge in [0, 0.05) is 12.8 Å². The number of aliphatic carboxylic acids is 1. The van der Waals surface area contributed by atoms with Crippen molar-refractivity contribution in [2.45, 2.75) is 219 Å². The van der Waals surface area contributed by atoms with Crippen LogP contribution in [0.15, 0.2) is 24.3 Å². The second-order valence-corrected chi connectivity index (χ2v) is 13.1. The second-order valence-electron chi connectivity index (χ2n) is 13.1. The Morgan fingerprint density at radius 2 is 0.909 bits per heavy atom. The quantitative estimate of drug-likeness (QED) is 0.0436. The molecule has 258 valence electrons. The van der Waals surface area contributed by atoms with Gasteiger partial charge in [-0.15, -0.1) is 0 Å². The minimum atomic E-state index is -0.811. The fourth-order valence-electron chi connectivity index (χ4n) is 5.79. The van der Waals surface area contributed by atoms with Gasteiger partial charge < -0.3 is 9.84 Å². The fourth-order valence-corrected chi connectivity index (χ4v) is 5.79. The molecule has 0 spiro atoms. The number of carboxylic acids is 1. The van der Waals surface area contributed by atoms with Gasteiger partial charge in [-0.2, -0.15) is 0 Å². The Kier molecular flexibility index (Phi) is 34.6. The average Bonchev–Trinajstić information content (AvgIpc) is 3.01. The first-order chi connectivity index (χ1) is 21.6. The van der Waals surface area contributed by atoms with Gasteiger partial charge in [-0.1, -0.05) is 167 Å². The summed E-state index contributed by atoms with van der Waals surface area (Å²) < 4.78 is 5.72. The third-order valence-corrected chi connectivity index (χ3v) is 8.69. The molecular formula is C40H74O4. The topological polar surface area (TPSA) is 63.6 Å². The van der Waals surface area contributed by atoms with Crippen molar-refractivity contribution < 1.29 is 19.4 Å². The fraction of sp³-hybridized carbons (Fsp3) is 0.850. The maximum atomic E-state index is 12.4. The SMILES string of the molecule is CCCCC/C=C\C/C=C\CCCCCCCCCCCCCC(=O)OC(CCCCCCCCCCCC)CCC(=O)O. The molecule has 0 saturated heterocycles. The van der Waals surface area contributed by atoms with Crippen molar-refractivity contribution in [1.82, 2.24) is 0 Å². The molecule has 0 aliphatic heterocycles. The van der Waals surface area contributed by atoms with Crippen molar-refractivity contribution in [1.29, 1.82) is 0 Å². The third-order valence-electron chi connectivity index (χ3n) is 8.69. The summed E-state index contributed by atoms with van der Waals surface area (Å²) in [5.74, 6) is -0.952. The highest BCUT2D eigenvalue weighted by molar-refractivity contribution is 5.69. The maximum absolute atomic E-state index is 12.4. The van der Waals surface area contributed by atoms with Crippen LogP contribution in [0.3, 0.4) is 0 Å². The largest absolute Gasteiger partial charge is 0.481 e. The predicted octanol–water partition coefficient (Wildman–Crippen LogP) is 13.2. The first-order valence-corrected chi connectivity index (χ1v) is 19.3. The Balaban J connectivity index is 3.65. The molecule has 0 amide bonds. The highest BCUT2D eigenvalue weighted by Crippen LogP contribution is 2.17. The summed E-state index contributed by atoms with van der Waals surface area (Å²) in [5, 5.41) is 9.09. The summed E-state index contributed by atoms with van der Waals surface area (Å²) in [4.78, 5) is 23.5. The number of carbonyl (C=O) groups is 2. The third kappa shape index (κ3) is 34.9. The Morgan fingerprint density at radius 1 is 0.500 bits per heavy atom. The lowest BCUT2D eigenvalue weighted by Gasteiger charge is -2.17. The molecule has 0 aromatic heterocycles. The van der Waals surface area contributed by atoms with Crippen LogP contribution in [0.4, 0.5) is 0 Å². The number of unbranched alkanes of at least 4 members (excludes halogenated alkanes) is 23. The van der Waals surface area contributed by atoms with E-state index in [1.54, 1.807) is 0 Å². The van der Waals surface area contributed by atoms with Crippen molar-refractivity contribution >= 4 is 11.9 Å². The summed E-state index contributed by atoms with van der Waals surface area (Å²) in [6.07, 6.45) is 44.8. The number of hydrogen-bond donors (Lipinski definition) is 1. The van der Waals surface area contributed by atoms with Crippen LogP contribution in [-0.4, -0.2) is 23.1 Å². The first-order valence-electron chi connectivity index (χ1n) is 19.3. The van der Waals surface area contributed by atoms with E-state index in [4.69, 9.17) is 9.84 Å². The van der Waals surface area contributed by atoms with Gasteiger partial charge in [0.15, 0.2) is 0 Å². The maximum Gasteiger partial charge on any atom is 0.306 e. The molecule has 4 heteroatoms. The number of allylic oxidation sites excluding steroid dienone is 4. The van der Waals surface area contributed by atoms with E-state index in [0.29, 0.717) is 12.8 Å².